The van der Waals surface area contributed by atoms with Gasteiger partial charge in [-0.1, -0.05) is 54.1 Å². The maximum absolute atomic E-state index is 6.24. The van der Waals surface area contributed by atoms with Crippen LogP contribution in [0.4, 0.5) is 5.69 Å². The molecule has 4 rings (SSSR count). The minimum Gasteiger partial charge on any atom is -0.350 e. The molecule has 0 radical (unpaired) electrons. The second kappa shape index (κ2) is 7.48. The molecule has 1 atom stereocenters. The molecule has 1 aromatic heterocycles. The number of aromatic nitrogens is 3. The fraction of sp³-hybridized carbons (Fsp3) is 0.300. The molecular formula is C20H21ClN4O. The summed E-state index contributed by atoms with van der Waals surface area (Å²) in [6, 6.07) is 16.4. The first-order valence-corrected chi connectivity index (χ1v) is 9.23. The summed E-state index contributed by atoms with van der Waals surface area (Å²) in [6.45, 7) is 4.27. The number of aryl methyl sites for hydroxylation is 1. The summed E-state index contributed by atoms with van der Waals surface area (Å²) in [5, 5.41) is 9.33. The smallest absolute Gasteiger partial charge is 0.177 e. The monoisotopic (exact) mass is 368 g/mol. The lowest BCUT2D eigenvalue weighted by atomic mass is 10.1. The van der Waals surface area contributed by atoms with Crippen LogP contribution >= 0.6 is 11.6 Å². The molecule has 6 heteroatoms. The minimum atomic E-state index is -0.206. The van der Waals surface area contributed by atoms with Crippen molar-refractivity contribution in [1.82, 2.24) is 15.0 Å². The third-order valence-electron chi connectivity index (χ3n) is 4.67. The Kier molecular flexibility index (Phi) is 4.91. The van der Waals surface area contributed by atoms with Crippen LogP contribution < -0.4 is 4.90 Å². The van der Waals surface area contributed by atoms with Gasteiger partial charge in [0.2, 0.25) is 0 Å². The molecule has 2 aromatic carbocycles. The molecule has 0 saturated carbocycles. The Labute approximate surface area is 158 Å². The first-order valence-electron chi connectivity index (χ1n) is 8.85. The van der Waals surface area contributed by atoms with Gasteiger partial charge in [0.05, 0.1) is 19.3 Å². The number of rotatable bonds is 5. The van der Waals surface area contributed by atoms with E-state index >= 15 is 0 Å². The summed E-state index contributed by atoms with van der Waals surface area (Å²) in [6.07, 6.45) is 2.77. The van der Waals surface area contributed by atoms with Crippen molar-refractivity contribution in [3.8, 4) is 0 Å². The van der Waals surface area contributed by atoms with Crippen LogP contribution in [0.1, 0.15) is 30.0 Å². The predicted octanol–water partition coefficient (Wildman–Crippen LogP) is 4.08. The number of ether oxygens (including phenoxy) is 1. The molecule has 1 aliphatic rings. The molecule has 1 aliphatic heterocycles. The van der Waals surface area contributed by atoms with Crippen LogP contribution in [-0.2, 0) is 17.7 Å². The van der Waals surface area contributed by atoms with Gasteiger partial charge in [-0.2, -0.15) is 0 Å². The highest BCUT2D eigenvalue weighted by Crippen LogP contribution is 2.31. The standard InChI is InChI=1S/C20H21ClN4O/c1-2-15-7-9-17(10-8-15)25-11-12-26-20(25)19-14-24(23-22-19)13-16-5-3-4-6-18(16)21/h3-10,14,20H,2,11-13H2,1H3/t20-/m1/s1. The Morgan fingerprint density at radius 1 is 1.15 bits per heavy atom. The van der Waals surface area contributed by atoms with Crippen LogP contribution in [0.5, 0.6) is 0 Å². The van der Waals surface area contributed by atoms with Gasteiger partial charge in [0, 0.05) is 17.3 Å². The van der Waals surface area contributed by atoms with E-state index in [0.717, 1.165) is 34.9 Å². The van der Waals surface area contributed by atoms with Crippen molar-refractivity contribution in [3.63, 3.8) is 0 Å². The summed E-state index contributed by atoms with van der Waals surface area (Å²) < 4.78 is 7.74. The molecule has 0 bridgehead atoms. The van der Waals surface area contributed by atoms with E-state index in [1.54, 1.807) is 4.68 Å². The molecular weight excluding hydrogens is 348 g/mol. The average Bonchev–Trinajstić information content (AvgIpc) is 3.33. The highest BCUT2D eigenvalue weighted by molar-refractivity contribution is 6.31. The van der Waals surface area contributed by atoms with Crippen LogP contribution in [-0.4, -0.2) is 28.1 Å². The van der Waals surface area contributed by atoms with Crippen LogP contribution in [0, 0.1) is 0 Å². The molecule has 134 valence electrons. The molecule has 0 amide bonds. The normalized spacial score (nSPS) is 17.0. The number of hydrogen-bond acceptors (Lipinski definition) is 4. The molecule has 0 spiro atoms. The Balaban J connectivity index is 1.53. The van der Waals surface area contributed by atoms with Crippen molar-refractivity contribution in [3.05, 3.63) is 76.6 Å². The summed E-state index contributed by atoms with van der Waals surface area (Å²) in [5.74, 6) is 0. The van der Waals surface area contributed by atoms with E-state index in [4.69, 9.17) is 16.3 Å². The highest BCUT2D eigenvalue weighted by Gasteiger charge is 2.29. The zero-order valence-corrected chi connectivity index (χ0v) is 15.4. The number of benzene rings is 2. The predicted molar refractivity (Wildman–Crippen MR) is 102 cm³/mol. The van der Waals surface area contributed by atoms with Crippen LogP contribution in [0.3, 0.4) is 0 Å². The summed E-state index contributed by atoms with van der Waals surface area (Å²) in [5.41, 5.74) is 4.31. The summed E-state index contributed by atoms with van der Waals surface area (Å²) >= 11 is 6.24. The Bertz CT molecular complexity index is 878. The van der Waals surface area contributed by atoms with E-state index in [1.807, 2.05) is 30.5 Å². The highest BCUT2D eigenvalue weighted by atomic mass is 35.5. The number of halogens is 1. The molecule has 3 aromatic rings. The first-order chi connectivity index (χ1) is 12.7. The molecule has 26 heavy (non-hydrogen) atoms. The topological polar surface area (TPSA) is 43.2 Å². The lowest BCUT2D eigenvalue weighted by Crippen LogP contribution is -2.23. The van der Waals surface area contributed by atoms with Gasteiger partial charge in [0.25, 0.3) is 0 Å². The Morgan fingerprint density at radius 3 is 2.73 bits per heavy atom. The second-order valence-electron chi connectivity index (χ2n) is 6.37. The molecule has 5 nitrogen and oxygen atoms in total. The van der Waals surface area contributed by atoms with Crippen molar-refractivity contribution in [2.75, 3.05) is 18.1 Å². The van der Waals surface area contributed by atoms with Gasteiger partial charge in [-0.3, -0.25) is 0 Å². The van der Waals surface area contributed by atoms with E-state index < -0.39 is 0 Å². The van der Waals surface area contributed by atoms with E-state index in [9.17, 15) is 0 Å². The van der Waals surface area contributed by atoms with Crippen molar-refractivity contribution >= 4 is 17.3 Å². The Hall–Kier alpha value is -2.37. The molecule has 1 fully saturated rings. The SMILES string of the molecule is CCc1ccc(N2CCO[C@@H]2c2cn(Cc3ccccc3Cl)nn2)cc1. The van der Waals surface area contributed by atoms with Gasteiger partial charge in [-0.25, -0.2) is 4.68 Å². The lowest BCUT2D eigenvalue weighted by Gasteiger charge is -2.23. The van der Waals surface area contributed by atoms with Gasteiger partial charge >= 0.3 is 0 Å². The third kappa shape index (κ3) is 3.45. The fourth-order valence-electron chi connectivity index (χ4n) is 3.21. The van der Waals surface area contributed by atoms with Crippen molar-refractivity contribution in [2.45, 2.75) is 26.1 Å². The summed E-state index contributed by atoms with van der Waals surface area (Å²) in [4.78, 5) is 2.23. The molecule has 0 N–H and O–H groups in total. The number of hydrogen-bond donors (Lipinski definition) is 0. The maximum Gasteiger partial charge on any atom is 0.177 e. The zero-order chi connectivity index (χ0) is 17.9. The first kappa shape index (κ1) is 17.1. The fourth-order valence-corrected chi connectivity index (χ4v) is 3.40. The van der Waals surface area contributed by atoms with Gasteiger partial charge in [0.1, 0.15) is 5.69 Å². The van der Waals surface area contributed by atoms with E-state index in [1.165, 1.54) is 5.56 Å². The quantitative estimate of drug-likeness (QED) is 0.680. The van der Waals surface area contributed by atoms with E-state index in [2.05, 4.69) is 46.4 Å². The second-order valence-corrected chi connectivity index (χ2v) is 6.78. The largest absolute Gasteiger partial charge is 0.350 e. The summed E-state index contributed by atoms with van der Waals surface area (Å²) in [7, 11) is 0. The average molecular weight is 369 g/mol. The van der Waals surface area contributed by atoms with Gasteiger partial charge in [-0.05, 0) is 35.7 Å². The number of anilines is 1. The minimum absolute atomic E-state index is 0.206. The van der Waals surface area contributed by atoms with Gasteiger partial charge < -0.3 is 9.64 Å². The molecule has 0 aliphatic carbocycles. The number of nitrogens with zero attached hydrogens (tertiary/aromatic N) is 4. The van der Waals surface area contributed by atoms with Crippen molar-refractivity contribution in [1.29, 1.82) is 0 Å². The molecule has 2 heterocycles. The van der Waals surface area contributed by atoms with E-state index in [0.29, 0.717) is 13.2 Å². The third-order valence-corrected chi connectivity index (χ3v) is 5.04. The lowest BCUT2D eigenvalue weighted by molar-refractivity contribution is 0.110. The van der Waals surface area contributed by atoms with Crippen LogP contribution in [0.15, 0.2) is 54.7 Å². The maximum atomic E-state index is 6.24. The molecule has 1 saturated heterocycles. The van der Waals surface area contributed by atoms with Crippen LogP contribution in [0.2, 0.25) is 5.02 Å². The van der Waals surface area contributed by atoms with Gasteiger partial charge in [-0.15, -0.1) is 5.10 Å². The van der Waals surface area contributed by atoms with Crippen LogP contribution in [0.25, 0.3) is 0 Å². The van der Waals surface area contributed by atoms with E-state index in [-0.39, 0.29) is 6.23 Å². The molecule has 0 unspecified atom stereocenters. The van der Waals surface area contributed by atoms with Crippen molar-refractivity contribution in [2.24, 2.45) is 0 Å². The zero-order valence-electron chi connectivity index (χ0n) is 14.7. The van der Waals surface area contributed by atoms with Gasteiger partial charge in [0.15, 0.2) is 6.23 Å². The van der Waals surface area contributed by atoms with Crippen molar-refractivity contribution < 1.29 is 4.74 Å². The Morgan fingerprint density at radius 2 is 1.96 bits per heavy atom.